The summed E-state index contributed by atoms with van der Waals surface area (Å²) in [6.07, 6.45) is 0.870. The summed E-state index contributed by atoms with van der Waals surface area (Å²) < 4.78 is 0. The van der Waals surface area contributed by atoms with Crippen LogP contribution in [0.1, 0.15) is 17.5 Å². The molecule has 0 aliphatic heterocycles. The van der Waals surface area contributed by atoms with Crippen LogP contribution in [-0.2, 0) is 6.42 Å². The third-order valence-electron chi connectivity index (χ3n) is 1.99. The molecule has 2 heterocycles. The second kappa shape index (κ2) is 4.38. The first-order chi connectivity index (χ1) is 7.22. The average Bonchev–Trinajstić information content (AvgIpc) is 2.86. The molecule has 0 aliphatic carbocycles. The second-order valence-electron chi connectivity index (χ2n) is 2.99. The van der Waals surface area contributed by atoms with Crippen molar-refractivity contribution >= 4 is 39.9 Å². The quantitative estimate of drug-likeness (QED) is 0.856. The molecule has 15 heavy (non-hydrogen) atoms. The molecule has 0 radical (unpaired) electrons. The largest absolute Gasteiger partial charge is 0.389 e. The molecule has 2 nitrogen and oxygen atoms in total. The van der Waals surface area contributed by atoms with Crippen LogP contribution in [-0.4, -0.2) is 9.97 Å². The molecule has 0 atom stereocenters. The van der Waals surface area contributed by atoms with E-state index in [2.05, 4.69) is 18.0 Å². The summed E-state index contributed by atoms with van der Waals surface area (Å²) >= 11 is 8.28. The predicted octanol–water partition coefficient (Wildman–Crippen LogP) is 3.07. The molecule has 0 spiro atoms. The van der Waals surface area contributed by atoms with Gasteiger partial charge in [0.25, 0.3) is 0 Å². The molecule has 78 valence electrons. The van der Waals surface area contributed by atoms with Crippen LogP contribution in [0.25, 0.3) is 9.88 Å². The zero-order valence-corrected chi connectivity index (χ0v) is 10.6. The first-order valence-electron chi connectivity index (χ1n) is 4.55. The average molecular weight is 254 g/mol. The number of hydrogen-bond donors (Lipinski definition) is 1. The maximum atomic E-state index is 5.66. The van der Waals surface area contributed by atoms with Gasteiger partial charge in [0.15, 0.2) is 0 Å². The van der Waals surface area contributed by atoms with Crippen LogP contribution in [0.15, 0.2) is 17.5 Å². The minimum Gasteiger partial charge on any atom is -0.389 e. The standard InChI is InChI=1S/C10H10N2S3/c1-2-6-8(9(11)13)15-10(12-6)7-4-3-5-14-7/h3-5H,2H2,1H3,(H2,11,13). The molecule has 0 unspecified atom stereocenters. The van der Waals surface area contributed by atoms with Crippen molar-refractivity contribution in [1.82, 2.24) is 4.98 Å². The van der Waals surface area contributed by atoms with Crippen LogP contribution in [0, 0.1) is 0 Å². The maximum Gasteiger partial charge on any atom is 0.134 e. The molecule has 0 fully saturated rings. The summed E-state index contributed by atoms with van der Waals surface area (Å²) in [6.45, 7) is 2.06. The van der Waals surface area contributed by atoms with Crippen LogP contribution >= 0.6 is 34.9 Å². The highest BCUT2D eigenvalue weighted by atomic mass is 32.1. The molecular formula is C10H10N2S3. The number of nitrogens with zero attached hydrogens (tertiary/aromatic N) is 1. The van der Waals surface area contributed by atoms with E-state index in [1.165, 1.54) is 4.88 Å². The Hall–Kier alpha value is -0.780. The SMILES string of the molecule is CCc1nc(-c2cccs2)sc1C(N)=S. The molecule has 2 aromatic rings. The Morgan fingerprint density at radius 2 is 2.40 bits per heavy atom. The molecule has 0 saturated carbocycles. The van der Waals surface area contributed by atoms with E-state index < -0.39 is 0 Å². The van der Waals surface area contributed by atoms with Crippen molar-refractivity contribution in [2.24, 2.45) is 5.73 Å². The van der Waals surface area contributed by atoms with Crippen molar-refractivity contribution in [2.45, 2.75) is 13.3 Å². The van der Waals surface area contributed by atoms with Gasteiger partial charge in [-0.1, -0.05) is 25.2 Å². The molecule has 2 aromatic heterocycles. The van der Waals surface area contributed by atoms with Gasteiger partial charge in [-0.25, -0.2) is 4.98 Å². The number of aryl methyl sites for hydroxylation is 1. The molecule has 2 rings (SSSR count). The van der Waals surface area contributed by atoms with Crippen LogP contribution < -0.4 is 5.73 Å². The number of thiazole rings is 1. The maximum absolute atomic E-state index is 5.66. The van der Waals surface area contributed by atoms with Gasteiger partial charge in [-0.05, 0) is 17.9 Å². The van der Waals surface area contributed by atoms with E-state index in [9.17, 15) is 0 Å². The lowest BCUT2D eigenvalue weighted by Crippen LogP contribution is -2.09. The highest BCUT2D eigenvalue weighted by Crippen LogP contribution is 2.31. The predicted molar refractivity (Wildman–Crippen MR) is 70.7 cm³/mol. The molecule has 0 bridgehead atoms. The van der Waals surface area contributed by atoms with E-state index in [1.54, 1.807) is 22.7 Å². The molecular weight excluding hydrogens is 244 g/mol. The minimum absolute atomic E-state index is 0.451. The summed E-state index contributed by atoms with van der Waals surface area (Å²) in [7, 11) is 0. The molecule has 0 saturated heterocycles. The smallest absolute Gasteiger partial charge is 0.134 e. The summed E-state index contributed by atoms with van der Waals surface area (Å²) in [5.74, 6) is 0. The Morgan fingerprint density at radius 1 is 1.60 bits per heavy atom. The number of aromatic nitrogens is 1. The lowest BCUT2D eigenvalue weighted by Gasteiger charge is -1.93. The van der Waals surface area contributed by atoms with Crippen LogP contribution in [0.2, 0.25) is 0 Å². The van der Waals surface area contributed by atoms with Crippen molar-refractivity contribution < 1.29 is 0 Å². The Balaban J connectivity index is 2.48. The van der Waals surface area contributed by atoms with Gasteiger partial charge in [0.1, 0.15) is 10.00 Å². The Bertz CT molecular complexity index is 471. The lowest BCUT2D eigenvalue weighted by atomic mass is 10.3. The van der Waals surface area contributed by atoms with E-state index in [-0.39, 0.29) is 0 Å². The molecule has 0 aliphatic rings. The van der Waals surface area contributed by atoms with Crippen molar-refractivity contribution in [2.75, 3.05) is 0 Å². The van der Waals surface area contributed by atoms with E-state index in [1.807, 2.05) is 11.4 Å². The van der Waals surface area contributed by atoms with Crippen LogP contribution in [0.4, 0.5) is 0 Å². The van der Waals surface area contributed by atoms with Gasteiger partial charge in [0.2, 0.25) is 0 Å². The third kappa shape index (κ3) is 2.09. The normalized spacial score (nSPS) is 10.5. The van der Waals surface area contributed by atoms with Crippen LogP contribution in [0.3, 0.4) is 0 Å². The van der Waals surface area contributed by atoms with Crippen molar-refractivity contribution in [1.29, 1.82) is 0 Å². The Morgan fingerprint density at radius 3 is 2.87 bits per heavy atom. The molecule has 0 aromatic carbocycles. The summed E-state index contributed by atoms with van der Waals surface area (Å²) in [5.41, 5.74) is 6.67. The van der Waals surface area contributed by atoms with Gasteiger partial charge in [-0.15, -0.1) is 22.7 Å². The van der Waals surface area contributed by atoms with E-state index >= 15 is 0 Å². The van der Waals surface area contributed by atoms with Crippen molar-refractivity contribution in [3.63, 3.8) is 0 Å². The fourth-order valence-electron chi connectivity index (χ4n) is 1.29. The monoisotopic (exact) mass is 254 g/mol. The Kier molecular flexibility index (Phi) is 3.14. The highest BCUT2D eigenvalue weighted by molar-refractivity contribution is 7.81. The van der Waals surface area contributed by atoms with E-state index in [0.29, 0.717) is 4.99 Å². The third-order valence-corrected chi connectivity index (χ3v) is 4.49. The van der Waals surface area contributed by atoms with Gasteiger partial charge in [0, 0.05) is 0 Å². The van der Waals surface area contributed by atoms with Crippen molar-refractivity contribution in [3.05, 3.63) is 28.1 Å². The molecule has 2 N–H and O–H groups in total. The van der Waals surface area contributed by atoms with E-state index in [0.717, 1.165) is 22.0 Å². The Labute approximate surface area is 102 Å². The highest BCUT2D eigenvalue weighted by Gasteiger charge is 2.13. The van der Waals surface area contributed by atoms with Gasteiger partial charge in [-0.2, -0.15) is 0 Å². The van der Waals surface area contributed by atoms with Crippen molar-refractivity contribution in [3.8, 4) is 9.88 Å². The number of hydrogen-bond acceptors (Lipinski definition) is 4. The lowest BCUT2D eigenvalue weighted by molar-refractivity contribution is 1.06. The molecule has 5 heteroatoms. The first kappa shape index (κ1) is 10.7. The topological polar surface area (TPSA) is 38.9 Å². The second-order valence-corrected chi connectivity index (χ2v) is 5.38. The number of thiocarbonyl (C=S) groups is 1. The summed E-state index contributed by atoms with van der Waals surface area (Å²) in [4.78, 5) is 7.14. The number of nitrogens with two attached hydrogens (primary N) is 1. The zero-order valence-electron chi connectivity index (χ0n) is 8.19. The summed E-state index contributed by atoms with van der Waals surface area (Å²) in [6, 6.07) is 4.08. The summed E-state index contributed by atoms with van der Waals surface area (Å²) in [5, 5.41) is 3.06. The fourth-order valence-corrected chi connectivity index (χ4v) is 3.34. The fraction of sp³-hybridized carbons (Fsp3) is 0.200. The molecule has 0 amide bonds. The van der Waals surface area contributed by atoms with Gasteiger partial charge < -0.3 is 5.73 Å². The zero-order chi connectivity index (χ0) is 10.8. The van der Waals surface area contributed by atoms with Gasteiger partial charge >= 0.3 is 0 Å². The minimum atomic E-state index is 0.451. The van der Waals surface area contributed by atoms with Gasteiger partial charge in [-0.3, -0.25) is 0 Å². The van der Waals surface area contributed by atoms with E-state index in [4.69, 9.17) is 18.0 Å². The van der Waals surface area contributed by atoms with Gasteiger partial charge in [0.05, 0.1) is 15.4 Å². The number of rotatable bonds is 3. The number of thiophene rings is 1. The first-order valence-corrected chi connectivity index (χ1v) is 6.66. The van der Waals surface area contributed by atoms with Crippen LogP contribution in [0.5, 0.6) is 0 Å².